The number of aromatic nitrogens is 2. The summed E-state index contributed by atoms with van der Waals surface area (Å²) in [5.74, 6) is 1.49. The first kappa shape index (κ1) is 16.5. The number of thioether (sulfide) groups is 1. The Labute approximate surface area is 134 Å². The third kappa shape index (κ3) is 3.88. The van der Waals surface area contributed by atoms with Gasteiger partial charge in [0.1, 0.15) is 5.82 Å². The number of carbonyl (C=O) groups excluding carboxylic acids is 2. The minimum atomic E-state index is -0.239. The van der Waals surface area contributed by atoms with Gasteiger partial charge < -0.3 is 9.30 Å². The topological polar surface area (TPSA) is 61.2 Å². The summed E-state index contributed by atoms with van der Waals surface area (Å²) in [6.07, 6.45) is 0. The summed E-state index contributed by atoms with van der Waals surface area (Å²) < 4.78 is 6.60. The standard InChI is InChI=1S/C16H20N2O3S/c1-11(16(20)21-3)9-22-10-13(19)8-18-12(2)17-14-6-4-5-7-15(14)18/h4-7,11H,8-10H2,1-3H3. The van der Waals surface area contributed by atoms with Crippen molar-refractivity contribution >= 4 is 34.5 Å². The number of ketones is 1. The van der Waals surface area contributed by atoms with Crippen molar-refractivity contribution in [2.24, 2.45) is 5.92 Å². The summed E-state index contributed by atoms with van der Waals surface area (Å²) in [6, 6.07) is 7.79. The Morgan fingerprint density at radius 2 is 2.09 bits per heavy atom. The number of Topliss-reactive ketones (excluding diaryl/α,β-unsaturated/α-hetero) is 1. The van der Waals surface area contributed by atoms with Crippen molar-refractivity contribution in [2.45, 2.75) is 20.4 Å². The number of methoxy groups -OCH3 is 1. The minimum Gasteiger partial charge on any atom is -0.469 e. The summed E-state index contributed by atoms with van der Waals surface area (Å²) in [6.45, 7) is 4.02. The molecule has 0 saturated heterocycles. The van der Waals surface area contributed by atoms with E-state index in [-0.39, 0.29) is 17.7 Å². The molecule has 1 heterocycles. The minimum absolute atomic E-state index is 0.119. The van der Waals surface area contributed by atoms with Gasteiger partial charge in [-0.1, -0.05) is 19.1 Å². The fourth-order valence-electron chi connectivity index (χ4n) is 2.24. The van der Waals surface area contributed by atoms with E-state index in [4.69, 9.17) is 0 Å². The lowest BCUT2D eigenvalue weighted by molar-refractivity contribution is -0.144. The molecule has 0 saturated carbocycles. The van der Waals surface area contributed by atoms with Crippen molar-refractivity contribution in [3.63, 3.8) is 0 Å². The first-order chi connectivity index (χ1) is 10.5. The average molecular weight is 320 g/mol. The van der Waals surface area contributed by atoms with E-state index in [1.807, 2.05) is 35.8 Å². The number of fused-ring (bicyclic) bond motifs is 1. The van der Waals surface area contributed by atoms with Crippen LogP contribution in [0, 0.1) is 12.8 Å². The van der Waals surface area contributed by atoms with Crippen LogP contribution >= 0.6 is 11.8 Å². The molecule has 0 bridgehead atoms. The molecule has 0 spiro atoms. The van der Waals surface area contributed by atoms with E-state index in [0.29, 0.717) is 18.1 Å². The van der Waals surface area contributed by atoms with E-state index in [1.165, 1.54) is 18.9 Å². The van der Waals surface area contributed by atoms with Crippen LogP contribution in [0.1, 0.15) is 12.7 Å². The fraction of sp³-hybridized carbons (Fsp3) is 0.438. The number of rotatable bonds is 7. The van der Waals surface area contributed by atoms with Crippen LogP contribution < -0.4 is 0 Å². The first-order valence-electron chi connectivity index (χ1n) is 7.12. The van der Waals surface area contributed by atoms with Crippen molar-refractivity contribution in [1.82, 2.24) is 9.55 Å². The highest BCUT2D eigenvalue weighted by molar-refractivity contribution is 7.99. The third-order valence-corrected chi connectivity index (χ3v) is 4.68. The molecule has 1 atom stereocenters. The molecule has 0 N–H and O–H groups in total. The van der Waals surface area contributed by atoms with Crippen LogP contribution in [0.3, 0.4) is 0 Å². The zero-order valence-corrected chi connectivity index (χ0v) is 13.9. The lowest BCUT2D eigenvalue weighted by atomic mass is 10.2. The molecule has 1 aromatic heterocycles. The summed E-state index contributed by atoms with van der Waals surface area (Å²) in [7, 11) is 1.38. The zero-order valence-electron chi connectivity index (χ0n) is 13.0. The molecular weight excluding hydrogens is 300 g/mol. The maximum absolute atomic E-state index is 12.1. The van der Waals surface area contributed by atoms with Gasteiger partial charge in [-0.3, -0.25) is 9.59 Å². The number of esters is 1. The Morgan fingerprint density at radius 1 is 1.36 bits per heavy atom. The Hall–Kier alpha value is -1.82. The largest absolute Gasteiger partial charge is 0.469 e. The van der Waals surface area contributed by atoms with Crippen LogP contribution in [0.15, 0.2) is 24.3 Å². The highest BCUT2D eigenvalue weighted by atomic mass is 32.2. The molecule has 22 heavy (non-hydrogen) atoms. The number of nitrogens with zero attached hydrogens (tertiary/aromatic N) is 2. The molecule has 0 aliphatic carbocycles. The molecule has 2 aromatic rings. The van der Waals surface area contributed by atoms with Crippen LogP contribution in [0.5, 0.6) is 0 Å². The number of benzene rings is 1. The molecule has 1 aromatic carbocycles. The van der Waals surface area contributed by atoms with Gasteiger partial charge in [-0.25, -0.2) is 4.98 Å². The zero-order chi connectivity index (χ0) is 16.1. The number of ether oxygens (including phenoxy) is 1. The predicted octanol–water partition coefficient (Wildman–Crippen LogP) is 2.46. The van der Waals surface area contributed by atoms with Crippen LogP contribution in [-0.2, 0) is 20.9 Å². The normalized spacial score (nSPS) is 12.3. The van der Waals surface area contributed by atoms with Crippen LogP contribution in [0.4, 0.5) is 0 Å². The molecule has 0 aliphatic heterocycles. The highest BCUT2D eigenvalue weighted by Gasteiger charge is 2.15. The SMILES string of the molecule is COC(=O)C(C)CSCC(=O)Cn1c(C)nc2ccccc21. The number of aryl methyl sites for hydroxylation is 1. The Balaban J connectivity index is 1.91. The smallest absolute Gasteiger partial charge is 0.309 e. The molecule has 6 heteroatoms. The fourth-order valence-corrected chi connectivity index (χ4v) is 3.16. The van der Waals surface area contributed by atoms with Gasteiger partial charge in [0, 0.05) is 5.75 Å². The number of hydrogen-bond donors (Lipinski definition) is 0. The van der Waals surface area contributed by atoms with Crippen molar-refractivity contribution in [3.8, 4) is 0 Å². The molecular formula is C16H20N2O3S. The van der Waals surface area contributed by atoms with Crippen LogP contribution in [-0.4, -0.2) is 39.9 Å². The first-order valence-corrected chi connectivity index (χ1v) is 8.27. The van der Waals surface area contributed by atoms with Gasteiger partial charge in [0.05, 0.1) is 36.4 Å². The van der Waals surface area contributed by atoms with E-state index in [9.17, 15) is 9.59 Å². The number of carbonyl (C=O) groups is 2. The van der Waals surface area contributed by atoms with E-state index >= 15 is 0 Å². The molecule has 0 fully saturated rings. The van der Waals surface area contributed by atoms with Gasteiger partial charge in [-0.15, -0.1) is 0 Å². The van der Waals surface area contributed by atoms with E-state index in [0.717, 1.165) is 16.9 Å². The van der Waals surface area contributed by atoms with Crippen molar-refractivity contribution in [3.05, 3.63) is 30.1 Å². The van der Waals surface area contributed by atoms with Crippen molar-refractivity contribution < 1.29 is 14.3 Å². The maximum atomic E-state index is 12.1. The quantitative estimate of drug-likeness (QED) is 0.733. The summed E-state index contributed by atoms with van der Waals surface area (Å²) in [4.78, 5) is 27.9. The molecule has 1 unspecified atom stereocenters. The van der Waals surface area contributed by atoms with Gasteiger partial charge in [-0.2, -0.15) is 11.8 Å². The number of para-hydroxylation sites is 2. The van der Waals surface area contributed by atoms with Crippen LogP contribution in [0.2, 0.25) is 0 Å². The maximum Gasteiger partial charge on any atom is 0.309 e. The Morgan fingerprint density at radius 3 is 2.82 bits per heavy atom. The molecule has 5 nitrogen and oxygen atoms in total. The Bertz CT molecular complexity index is 681. The number of imidazole rings is 1. The van der Waals surface area contributed by atoms with Crippen molar-refractivity contribution in [2.75, 3.05) is 18.6 Å². The van der Waals surface area contributed by atoms with Crippen LogP contribution in [0.25, 0.3) is 11.0 Å². The number of hydrogen-bond acceptors (Lipinski definition) is 5. The van der Waals surface area contributed by atoms with E-state index in [2.05, 4.69) is 9.72 Å². The Kier molecular flexibility index (Phi) is 5.60. The van der Waals surface area contributed by atoms with E-state index < -0.39 is 0 Å². The van der Waals surface area contributed by atoms with E-state index in [1.54, 1.807) is 6.92 Å². The molecule has 2 rings (SSSR count). The van der Waals surface area contributed by atoms with Gasteiger partial charge in [-0.05, 0) is 19.1 Å². The second kappa shape index (κ2) is 7.45. The summed E-state index contributed by atoms with van der Waals surface area (Å²) in [5, 5.41) is 0. The lowest BCUT2D eigenvalue weighted by Crippen LogP contribution is -2.17. The second-order valence-corrected chi connectivity index (χ2v) is 6.24. The van der Waals surface area contributed by atoms with Crippen molar-refractivity contribution in [1.29, 1.82) is 0 Å². The predicted molar refractivity (Wildman–Crippen MR) is 88.0 cm³/mol. The molecule has 0 radical (unpaired) electrons. The highest BCUT2D eigenvalue weighted by Crippen LogP contribution is 2.16. The summed E-state index contributed by atoms with van der Waals surface area (Å²) in [5.41, 5.74) is 1.88. The lowest BCUT2D eigenvalue weighted by Gasteiger charge is -2.09. The third-order valence-electron chi connectivity index (χ3n) is 3.41. The van der Waals surface area contributed by atoms with Gasteiger partial charge >= 0.3 is 5.97 Å². The molecule has 0 amide bonds. The van der Waals surface area contributed by atoms with Gasteiger partial charge in [0.2, 0.25) is 0 Å². The van der Waals surface area contributed by atoms with Gasteiger partial charge in [0.25, 0.3) is 0 Å². The molecule has 118 valence electrons. The average Bonchev–Trinajstić information content (AvgIpc) is 2.82. The monoisotopic (exact) mass is 320 g/mol. The second-order valence-electron chi connectivity index (χ2n) is 5.21. The molecule has 0 aliphatic rings. The van der Waals surface area contributed by atoms with Gasteiger partial charge in [0.15, 0.2) is 5.78 Å². The summed E-state index contributed by atoms with van der Waals surface area (Å²) >= 11 is 1.46.